The molecule has 0 aliphatic carbocycles. The molecular weight excluding hydrogens is 314 g/mol. The minimum absolute atomic E-state index is 0. The third-order valence-electron chi connectivity index (χ3n) is 2.88. The quantitative estimate of drug-likeness (QED) is 0.829. The molecule has 6 heteroatoms. The summed E-state index contributed by atoms with van der Waals surface area (Å²) in [5, 5.41) is 15.3. The van der Waals surface area contributed by atoms with Gasteiger partial charge in [0.25, 0.3) is 0 Å². The van der Waals surface area contributed by atoms with Crippen molar-refractivity contribution in [1.82, 2.24) is 0 Å². The molecule has 0 atom stereocenters. The van der Waals surface area contributed by atoms with Gasteiger partial charge in [-0.25, -0.2) is 0 Å². The van der Waals surface area contributed by atoms with Crippen LogP contribution in [0.15, 0.2) is 48.5 Å². The highest BCUT2D eigenvalue weighted by molar-refractivity contribution is 5.85. The van der Waals surface area contributed by atoms with E-state index >= 15 is 0 Å². The van der Waals surface area contributed by atoms with Crippen LogP contribution in [-0.4, -0.2) is 13.2 Å². The summed E-state index contributed by atoms with van der Waals surface area (Å²) in [5.41, 5.74) is 2.41. The first-order valence-corrected chi connectivity index (χ1v) is 7.21. The number of para-hydroxylation sites is 1. The molecule has 0 aromatic heterocycles. The van der Waals surface area contributed by atoms with E-state index in [1.54, 1.807) is 0 Å². The zero-order valence-corrected chi connectivity index (χ0v) is 14.2. The van der Waals surface area contributed by atoms with Gasteiger partial charge in [0.05, 0.1) is 18.9 Å². The number of ether oxygens (including phenoxy) is 2. The van der Waals surface area contributed by atoms with Gasteiger partial charge in [-0.2, -0.15) is 0 Å². The molecule has 4 rings (SSSR count). The van der Waals surface area contributed by atoms with Gasteiger partial charge < -0.3 is 14.8 Å². The molecule has 5 nitrogen and oxygen atoms in total. The molecule has 0 amide bonds. The normalized spacial score (nSPS) is 9.74. The Labute approximate surface area is 143 Å². The fourth-order valence-electron chi connectivity index (χ4n) is 1.98. The molecule has 2 aliphatic heterocycles. The smallest absolute Gasteiger partial charge is 0.142 e. The van der Waals surface area contributed by atoms with Gasteiger partial charge in [0.15, 0.2) is 0 Å². The summed E-state index contributed by atoms with van der Waals surface area (Å²) in [5.74, 6) is 1.93. The maximum Gasteiger partial charge on any atom is 0.142 e. The van der Waals surface area contributed by atoms with Crippen molar-refractivity contribution < 1.29 is 9.47 Å². The number of hydrogen-bond acceptors (Lipinski definition) is 5. The van der Waals surface area contributed by atoms with Gasteiger partial charge >= 0.3 is 0 Å². The zero-order valence-electron chi connectivity index (χ0n) is 13.4. The van der Waals surface area contributed by atoms with E-state index < -0.39 is 0 Å². The topological polar surface area (TPSA) is 78.1 Å². The molecule has 2 aromatic rings. The predicted molar refractivity (Wildman–Crippen MR) is 93.2 cm³/mol. The molecule has 1 N–H and O–H groups in total. The number of nitrogens with one attached hydrogen (secondary N) is 1. The van der Waals surface area contributed by atoms with Crippen molar-refractivity contribution in [1.29, 1.82) is 10.8 Å². The monoisotopic (exact) mass is 335 g/mol. The number of rotatable bonds is 4. The second kappa shape index (κ2) is 12.1. The van der Waals surface area contributed by atoms with E-state index in [0.29, 0.717) is 0 Å². The molecule has 0 spiro atoms. The highest BCUT2D eigenvalue weighted by Crippen LogP contribution is 2.30. The first kappa shape index (κ1) is 20.6. The van der Waals surface area contributed by atoms with Gasteiger partial charge in [0.1, 0.15) is 11.5 Å². The fraction of sp³-hybridized carbons (Fsp3) is 0.294. The molecule has 0 saturated carbocycles. The Balaban J connectivity index is 0.000000372. The molecule has 0 saturated heterocycles. The molecular formula is C17H22ClN3O2. The van der Waals surface area contributed by atoms with Crippen molar-refractivity contribution in [3.63, 3.8) is 0 Å². The third kappa shape index (κ3) is 6.90. The first-order chi connectivity index (χ1) is 10.8. The SMILES string of the molecule is CCOc1cc2ccc1NC2.CCOc1ccccc1.Cl.N#N. The number of nitrogens with zero attached hydrogens (tertiary/aromatic N) is 2. The van der Waals surface area contributed by atoms with Gasteiger partial charge in [-0.05, 0) is 43.7 Å². The van der Waals surface area contributed by atoms with Crippen molar-refractivity contribution in [2.24, 2.45) is 0 Å². The zero-order chi connectivity index (χ0) is 16.2. The molecule has 2 aliphatic rings. The molecule has 2 heterocycles. The molecule has 0 radical (unpaired) electrons. The summed E-state index contributed by atoms with van der Waals surface area (Å²) in [4.78, 5) is 0. The first-order valence-electron chi connectivity index (χ1n) is 7.21. The Morgan fingerprint density at radius 2 is 1.61 bits per heavy atom. The lowest BCUT2D eigenvalue weighted by molar-refractivity contribution is 0.340. The summed E-state index contributed by atoms with van der Waals surface area (Å²) in [6.07, 6.45) is 0. The number of benzene rings is 2. The maximum atomic E-state index is 6.00. The largest absolute Gasteiger partial charge is 0.494 e. The fourth-order valence-corrected chi connectivity index (χ4v) is 1.98. The second-order valence-corrected chi connectivity index (χ2v) is 4.36. The number of halogens is 1. The van der Waals surface area contributed by atoms with E-state index in [9.17, 15) is 0 Å². The molecule has 124 valence electrons. The van der Waals surface area contributed by atoms with Crippen LogP contribution >= 0.6 is 12.4 Å². The lowest BCUT2D eigenvalue weighted by Gasteiger charge is -2.19. The number of fused-ring (bicyclic) bond motifs is 3. The lowest BCUT2D eigenvalue weighted by atomic mass is 10.1. The lowest BCUT2D eigenvalue weighted by Crippen LogP contribution is -2.08. The van der Waals surface area contributed by atoms with E-state index in [1.807, 2.05) is 44.2 Å². The van der Waals surface area contributed by atoms with Crippen LogP contribution in [-0.2, 0) is 6.54 Å². The third-order valence-corrected chi connectivity index (χ3v) is 2.88. The molecule has 0 fully saturated rings. The van der Waals surface area contributed by atoms with E-state index in [1.165, 1.54) is 5.56 Å². The van der Waals surface area contributed by atoms with Crippen LogP contribution < -0.4 is 14.8 Å². The van der Waals surface area contributed by atoms with Gasteiger partial charge in [-0.15, -0.1) is 12.4 Å². The van der Waals surface area contributed by atoms with Gasteiger partial charge in [-0.3, -0.25) is 0 Å². The highest BCUT2D eigenvalue weighted by atomic mass is 35.5. The van der Waals surface area contributed by atoms with Crippen molar-refractivity contribution in [3.05, 3.63) is 54.1 Å². The number of anilines is 1. The summed E-state index contributed by atoms with van der Waals surface area (Å²) in [6.45, 7) is 6.40. The summed E-state index contributed by atoms with van der Waals surface area (Å²) >= 11 is 0. The van der Waals surface area contributed by atoms with Crippen LogP contribution in [0.1, 0.15) is 19.4 Å². The van der Waals surface area contributed by atoms with E-state index in [0.717, 1.165) is 36.9 Å². The Morgan fingerprint density at radius 3 is 2.04 bits per heavy atom. The van der Waals surface area contributed by atoms with Crippen LogP contribution in [0.4, 0.5) is 5.69 Å². The van der Waals surface area contributed by atoms with Crippen LogP contribution in [0.3, 0.4) is 0 Å². The van der Waals surface area contributed by atoms with Crippen LogP contribution in [0.25, 0.3) is 0 Å². The Hall–Kier alpha value is -2.45. The standard InChI is InChI=1S/C9H11NO.C8H10O.ClH.N2/c1-2-11-9-5-7-3-4-8(9)10-6-7;1-2-9-8-6-4-3-5-7-8;;1-2/h3-5,10H,2,6H2,1H3;3-7H,2H2,1H3;1H;. The minimum atomic E-state index is 0. The maximum absolute atomic E-state index is 6.00. The highest BCUT2D eigenvalue weighted by Gasteiger charge is 2.09. The van der Waals surface area contributed by atoms with Crippen LogP contribution in [0.5, 0.6) is 11.5 Å². The van der Waals surface area contributed by atoms with Crippen molar-refractivity contribution in [2.45, 2.75) is 20.4 Å². The Kier molecular flexibility index (Phi) is 10.8. The second-order valence-electron chi connectivity index (χ2n) is 4.36. The van der Waals surface area contributed by atoms with Crippen LogP contribution in [0.2, 0.25) is 0 Å². The molecule has 23 heavy (non-hydrogen) atoms. The van der Waals surface area contributed by atoms with Crippen molar-refractivity contribution in [3.8, 4) is 11.5 Å². The molecule has 0 unspecified atom stereocenters. The van der Waals surface area contributed by atoms with Crippen molar-refractivity contribution >= 4 is 18.1 Å². The van der Waals surface area contributed by atoms with Gasteiger partial charge in [0, 0.05) is 17.3 Å². The van der Waals surface area contributed by atoms with Crippen LogP contribution in [0, 0.1) is 10.8 Å². The van der Waals surface area contributed by atoms with E-state index in [2.05, 4.69) is 23.5 Å². The predicted octanol–water partition coefficient (Wildman–Crippen LogP) is 4.55. The Morgan fingerprint density at radius 1 is 0.957 bits per heavy atom. The minimum Gasteiger partial charge on any atom is -0.494 e. The number of hydrogen-bond donors (Lipinski definition) is 1. The van der Waals surface area contributed by atoms with Gasteiger partial charge in [-0.1, -0.05) is 24.3 Å². The van der Waals surface area contributed by atoms with E-state index in [-0.39, 0.29) is 12.4 Å². The molecule has 2 aromatic carbocycles. The summed E-state index contributed by atoms with van der Waals surface area (Å²) in [6, 6.07) is 16.1. The summed E-state index contributed by atoms with van der Waals surface area (Å²) in [7, 11) is 0. The average Bonchev–Trinajstić information content (AvgIpc) is 2.60. The Bertz CT molecular complexity index is 577. The van der Waals surface area contributed by atoms with Gasteiger partial charge in [0.2, 0.25) is 0 Å². The van der Waals surface area contributed by atoms with E-state index in [4.69, 9.17) is 20.3 Å². The average molecular weight is 336 g/mol. The molecule has 2 bridgehead atoms. The van der Waals surface area contributed by atoms with Crippen molar-refractivity contribution in [2.75, 3.05) is 18.5 Å². The summed E-state index contributed by atoms with van der Waals surface area (Å²) < 4.78 is 10.6.